The van der Waals surface area contributed by atoms with Gasteiger partial charge in [-0.05, 0) is 6.07 Å². The second-order valence-corrected chi connectivity index (χ2v) is 1.97. The molecule has 0 aliphatic rings. The molecule has 0 aliphatic heterocycles. The lowest BCUT2D eigenvalue weighted by molar-refractivity contribution is -0.385. The Morgan fingerprint density at radius 3 is 2.83 bits per heavy atom. The van der Waals surface area contributed by atoms with Gasteiger partial charge in [0.25, 0.3) is 5.69 Å². The molecule has 5 nitrogen and oxygen atoms in total. The van der Waals surface area contributed by atoms with E-state index in [1.54, 1.807) is 0 Å². The summed E-state index contributed by atoms with van der Waals surface area (Å²) in [5.41, 5.74) is -0.352. The molecule has 0 aromatic carbocycles. The molecule has 0 bridgehead atoms. The number of hydrogen-bond acceptors (Lipinski definition) is 4. The van der Waals surface area contributed by atoms with E-state index in [0.29, 0.717) is 0 Å². The molecule has 0 N–H and O–H groups in total. The highest BCUT2D eigenvalue weighted by Gasteiger charge is 2.05. The summed E-state index contributed by atoms with van der Waals surface area (Å²) in [7, 11) is 0. The van der Waals surface area contributed by atoms with Crippen LogP contribution in [-0.4, -0.2) is 23.9 Å². The Hall–Kier alpha value is -1.65. The maximum Gasteiger partial charge on any atom is 0.287 e. The molecule has 1 aromatic heterocycles. The van der Waals surface area contributed by atoms with Crippen LogP contribution in [0.2, 0.25) is 0 Å². The van der Waals surface area contributed by atoms with Crippen LogP contribution in [0, 0.1) is 10.1 Å². The minimum atomic E-state index is -2.92. The fourth-order valence-electron chi connectivity index (χ4n) is 0.619. The standard InChI is InChI=1S/C7H9N3O2/c1-9(2)7-4-3-6(5-8-7)10(11)12/h3-5H,1-2H3/i1D3,2D3. The van der Waals surface area contributed by atoms with Crippen molar-refractivity contribution in [1.29, 1.82) is 0 Å². The van der Waals surface area contributed by atoms with Crippen LogP contribution in [0.3, 0.4) is 0 Å². The van der Waals surface area contributed by atoms with Gasteiger partial charge in [0.15, 0.2) is 0 Å². The van der Waals surface area contributed by atoms with Crippen molar-refractivity contribution in [3.05, 3.63) is 28.4 Å². The zero-order valence-electron chi connectivity index (χ0n) is 11.9. The molecule has 5 heteroatoms. The molecule has 0 fully saturated rings. The van der Waals surface area contributed by atoms with E-state index < -0.39 is 18.9 Å². The van der Waals surface area contributed by atoms with Gasteiger partial charge in [-0.3, -0.25) is 10.1 Å². The highest BCUT2D eigenvalue weighted by Crippen LogP contribution is 2.12. The minimum absolute atomic E-state index is 0.156. The maximum atomic E-state index is 10.4. The van der Waals surface area contributed by atoms with E-state index in [0.717, 1.165) is 18.3 Å². The smallest absolute Gasteiger partial charge is 0.287 e. The summed E-state index contributed by atoms with van der Waals surface area (Å²) >= 11 is 0. The second kappa shape index (κ2) is 3.17. The SMILES string of the molecule is [2H]C([2H])([2H])N(c1ccc([N+](=O)[O-])cn1)C([2H])([2H])[2H]. The van der Waals surface area contributed by atoms with E-state index in [1.807, 2.05) is 0 Å². The maximum absolute atomic E-state index is 10.4. The van der Waals surface area contributed by atoms with E-state index in [4.69, 9.17) is 8.22 Å². The molecule has 12 heavy (non-hydrogen) atoms. The number of anilines is 1. The van der Waals surface area contributed by atoms with E-state index in [9.17, 15) is 10.1 Å². The van der Waals surface area contributed by atoms with Gasteiger partial charge < -0.3 is 4.90 Å². The molecule has 0 saturated heterocycles. The molecule has 1 heterocycles. The molecule has 1 aromatic rings. The number of aromatic nitrogens is 1. The summed E-state index contributed by atoms with van der Waals surface area (Å²) in [4.78, 5) is 13.3. The highest BCUT2D eigenvalue weighted by molar-refractivity contribution is 5.41. The second-order valence-electron chi connectivity index (χ2n) is 1.97. The Morgan fingerprint density at radius 2 is 2.42 bits per heavy atom. The van der Waals surface area contributed by atoms with Gasteiger partial charge in [0.1, 0.15) is 12.0 Å². The van der Waals surface area contributed by atoms with Crippen LogP contribution in [-0.2, 0) is 0 Å². The van der Waals surface area contributed by atoms with Gasteiger partial charge in [0, 0.05) is 28.2 Å². The molecule has 0 atom stereocenters. The molecular weight excluding hydrogens is 158 g/mol. The third kappa shape index (κ3) is 1.69. The van der Waals surface area contributed by atoms with Gasteiger partial charge in [0.2, 0.25) is 0 Å². The quantitative estimate of drug-likeness (QED) is 0.495. The molecule has 0 aliphatic carbocycles. The van der Waals surface area contributed by atoms with Crippen molar-refractivity contribution >= 4 is 11.5 Å². The lowest BCUT2D eigenvalue weighted by Gasteiger charge is -2.09. The number of hydrogen-bond donors (Lipinski definition) is 0. The molecule has 0 amide bonds. The molecule has 0 saturated carbocycles. The van der Waals surface area contributed by atoms with Crippen LogP contribution in [0.5, 0.6) is 0 Å². The van der Waals surface area contributed by atoms with E-state index in [1.165, 1.54) is 0 Å². The highest BCUT2D eigenvalue weighted by atomic mass is 16.6. The number of nitrogens with zero attached hydrogens (tertiary/aromatic N) is 3. The zero-order chi connectivity index (χ0) is 14.1. The lowest BCUT2D eigenvalue weighted by atomic mass is 10.4. The molecule has 64 valence electrons. The van der Waals surface area contributed by atoms with Crippen molar-refractivity contribution in [2.24, 2.45) is 0 Å². The summed E-state index contributed by atoms with van der Waals surface area (Å²) in [6.07, 6.45) is 0.805. The first kappa shape index (κ1) is 3.38. The largest absolute Gasteiger partial charge is 0.363 e. The summed E-state index contributed by atoms with van der Waals surface area (Å²) < 4.78 is 42.9. The third-order valence-corrected chi connectivity index (χ3v) is 1.17. The predicted molar refractivity (Wildman–Crippen MR) is 45.2 cm³/mol. The monoisotopic (exact) mass is 173 g/mol. The van der Waals surface area contributed by atoms with Crippen LogP contribution in [0.4, 0.5) is 11.5 Å². The van der Waals surface area contributed by atoms with Crippen LogP contribution < -0.4 is 4.90 Å². The van der Waals surface area contributed by atoms with Gasteiger partial charge in [0.05, 0.1) is 4.92 Å². The van der Waals surface area contributed by atoms with E-state index in [2.05, 4.69) is 4.98 Å². The van der Waals surface area contributed by atoms with Gasteiger partial charge >= 0.3 is 0 Å². The molecule has 1 rings (SSSR count). The topological polar surface area (TPSA) is 59.3 Å². The summed E-state index contributed by atoms with van der Waals surface area (Å²) in [5.74, 6) is -0.374. The number of nitro groups is 1. The summed E-state index contributed by atoms with van der Waals surface area (Å²) in [5, 5.41) is 10.4. The fraction of sp³-hybridized carbons (Fsp3) is 0.286. The Morgan fingerprint density at radius 1 is 1.67 bits per heavy atom. The van der Waals surface area contributed by atoms with E-state index >= 15 is 0 Å². The van der Waals surface area contributed by atoms with Gasteiger partial charge in [-0.15, -0.1) is 0 Å². The zero-order valence-corrected chi connectivity index (χ0v) is 5.89. The van der Waals surface area contributed by atoms with E-state index in [-0.39, 0.29) is 16.4 Å². The van der Waals surface area contributed by atoms with Crippen LogP contribution >= 0.6 is 0 Å². The fourth-order valence-corrected chi connectivity index (χ4v) is 0.619. The average Bonchev–Trinajstić information content (AvgIpc) is 2.13. The van der Waals surface area contributed by atoms with Crippen molar-refractivity contribution in [1.82, 2.24) is 4.98 Å². The molecule has 0 unspecified atom stereocenters. The summed E-state index contributed by atoms with van der Waals surface area (Å²) in [6.45, 7) is -5.84. The normalized spacial score (nSPS) is 19.0. The van der Waals surface area contributed by atoms with Crippen molar-refractivity contribution < 1.29 is 13.1 Å². The molecular formula is C7H9N3O2. The Kier molecular flexibility index (Phi) is 0.893. The van der Waals surface area contributed by atoms with Crippen molar-refractivity contribution in [3.8, 4) is 0 Å². The van der Waals surface area contributed by atoms with Crippen LogP contribution in [0.25, 0.3) is 0 Å². The number of rotatable bonds is 2. The Balaban J connectivity index is 3.20. The van der Waals surface area contributed by atoms with Gasteiger partial charge in [-0.1, -0.05) is 0 Å². The van der Waals surface area contributed by atoms with Crippen molar-refractivity contribution in [2.75, 3.05) is 18.9 Å². The first-order valence-corrected chi connectivity index (χ1v) is 2.94. The first-order valence-electron chi connectivity index (χ1n) is 5.94. The lowest BCUT2D eigenvalue weighted by Crippen LogP contribution is -2.10. The van der Waals surface area contributed by atoms with Crippen LogP contribution in [0.15, 0.2) is 18.3 Å². The average molecular weight is 173 g/mol. The Labute approximate surface area is 78.2 Å². The van der Waals surface area contributed by atoms with Gasteiger partial charge in [-0.2, -0.15) is 0 Å². The molecule has 0 radical (unpaired) electrons. The minimum Gasteiger partial charge on any atom is -0.363 e. The predicted octanol–water partition coefficient (Wildman–Crippen LogP) is 1.06. The van der Waals surface area contributed by atoms with Crippen molar-refractivity contribution in [3.63, 3.8) is 0 Å². The van der Waals surface area contributed by atoms with Crippen LogP contribution in [0.1, 0.15) is 8.22 Å². The first-order chi connectivity index (χ1) is 8.03. The van der Waals surface area contributed by atoms with Crippen molar-refractivity contribution in [2.45, 2.75) is 0 Å². The Bertz CT molecular complexity index is 426. The molecule has 0 spiro atoms. The van der Waals surface area contributed by atoms with Gasteiger partial charge in [-0.25, -0.2) is 4.98 Å². The summed E-state index contributed by atoms with van der Waals surface area (Å²) in [6, 6.07) is 1.98. The number of pyridine rings is 1. The third-order valence-electron chi connectivity index (χ3n) is 1.17.